The molecule has 3 aromatic rings. The van der Waals surface area contributed by atoms with E-state index < -0.39 is 0 Å². The lowest BCUT2D eigenvalue weighted by atomic mass is 10.1. The van der Waals surface area contributed by atoms with Crippen LogP contribution in [0.5, 0.6) is 0 Å². The molecular weight excluding hydrogens is 344 g/mol. The average Bonchev–Trinajstić information content (AvgIpc) is 3.24. The van der Waals surface area contributed by atoms with Gasteiger partial charge in [-0.15, -0.1) is 0 Å². The molecule has 0 saturated carbocycles. The van der Waals surface area contributed by atoms with Crippen LogP contribution in [0.25, 0.3) is 5.69 Å². The number of hydrogen-bond donors (Lipinski definition) is 1. The molecule has 0 fully saturated rings. The van der Waals surface area contributed by atoms with Gasteiger partial charge >= 0.3 is 0 Å². The van der Waals surface area contributed by atoms with Gasteiger partial charge in [0.2, 0.25) is 5.91 Å². The van der Waals surface area contributed by atoms with E-state index >= 15 is 0 Å². The Morgan fingerprint density at radius 1 is 1.00 bits per heavy atom. The summed E-state index contributed by atoms with van der Waals surface area (Å²) in [5.41, 5.74) is 2.21. The number of nitrogens with zero attached hydrogens (tertiary/aromatic N) is 5. The van der Waals surface area contributed by atoms with E-state index in [9.17, 15) is 9.59 Å². The zero-order chi connectivity index (χ0) is 18.6. The van der Waals surface area contributed by atoms with Crippen molar-refractivity contribution in [1.82, 2.24) is 14.8 Å². The molecule has 1 aromatic heterocycles. The molecule has 0 saturated heterocycles. The lowest BCUT2D eigenvalue weighted by molar-refractivity contribution is -0.118. The average molecular weight is 360 g/mol. The lowest BCUT2D eigenvalue weighted by Gasteiger charge is -2.23. The van der Waals surface area contributed by atoms with Crippen LogP contribution < -0.4 is 10.3 Å². The van der Waals surface area contributed by atoms with E-state index in [1.54, 1.807) is 29.2 Å². The Bertz CT molecular complexity index is 998. The van der Waals surface area contributed by atoms with Crippen molar-refractivity contribution < 1.29 is 9.59 Å². The van der Waals surface area contributed by atoms with Gasteiger partial charge in [0.15, 0.2) is 0 Å². The second-order valence-electron chi connectivity index (χ2n) is 5.90. The molecule has 0 bridgehead atoms. The number of anilines is 2. The molecular formula is C19H16N6O2. The zero-order valence-electron chi connectivity index (χ0n) is 14.3. The van der Waals surface area contributed by atoms with Gasteiger partial charge in [-0.2, -0.15) is 10.2 Å². The summed E-state index contributed by atoms with van der Waals surface area (Å²) in [5.74, 6) is -0.489. The number of hydrazone groups is 1. The quantitative estimate of drug-likeness (QED) is 0.773. The minimum Gasteiger partial charge on any atom is -0.319 e. The van der Waals surface area contributed by atoms with Crippen molar-refractivity contribution in [3.8, 4) is 5.69 Å². The summed E-state index contributed by atoms with van der Waals surface area (Å²) in [4.78, 5) is 28.9. The molecule has 2 heterocycles. The van der Waals surface area contributed by atoms with Crippen molar-refractivity contribution in [2.45, 2.75) is 12.8 Å². The summed E-state index contributed by atoms with van der Waals surface area (Å²) in [5, 5.41) is 12.5. The van der Waals surface area contributed by atoms with Crippen LogP contribution in [0.1, 0.15) is 12.8 Å². The number of amides is 2. The molecule has 27 heavy (non-hydrogen) atoms. The van der Waals surface area contributed by atoms with Crippen LogP contribution in [0.2, 0.25) is 0 Å². The van der Waals surface area contributed by atoms with Gasteiger partial charge in [0, 0.05) is 12.8 Å². The molecule has 1 N–H and O–H groups in total. The normalized spacial score (nSPS) is 14.0. The molecule has 8 nitrogen and oxygen atoms in total. The van der Waals surface area contributed by atoms with E-state index in [-0.39, 0.29) is 18.2 Å². The highest BCUT2D eigenvalue weighted by molar-refractivity contribution is 6.44. The Morgan fingerprint density at radius 2 is 1.78 bits per heavy atom. The highest BCUT2D eigenvalue weighted by atomic mass is 16.2. The van der Waals surface area contributed by atoms with Gasteiger partial charge in [-0.25, -0.2) is 14.7 Å². The maximum absolute atomic E-state index is 12.7. The van der Waals surface area contributed by atoms with Crippen molar-refractivity contribution in [1.29, 1.82) is 0 Å². The molecule has 0 spiro atoms. The maximum atomic E-state index is 12.7. The largest absolute Gasteiger partial charge is 0.319 e. The van der Waals surface area contributed by atoms with Gasteiger partial charge in [-0.3, -0.25) is 9.59 Å². The van der Waals surface area contributed by atoms with Gasteiger partial charge in [-0.1, -0.05) is 30.3 Å². The van der Waals surface area contributed by atoms with E-state index in [2.05, 4.69) is 20.5 Å². The monoisotopic (exact) mass is 360 g/mol. The third-order valence-corrected chi connectivity index (χ3v) is 4.11. The molecule has 8 heteroatoms. The number of para-hydroxylation sites is 3. The fourth-order valence-corrected chi connectivity index (χ4v) is 2.79. The minimum absolute atomic E-state index is 0.138. The van der Waals surface area contributed by atoms with Gasteiger partial charge < -0.3 is 5.32 Å². The summed E-state index contributed by atoms with van der Waals surface area (Å²) in [6.45, 7) is 0. The molecule has 2 amide bonds. The summed E-state index contributed by atoms with van der Waals surface area (Å²) in [6.07, 6.45) is 3.50. The van der Waals surface area contributed by atoms with Gasteiger partial charge in [0.25, 0.3) is 5.91 Å². The topological polar surface area (TPSA) is 92.5 Å². The number of benzene rings is 2. The van der Waals surface area contributed by atoms with Crippen molar-refractivity contribution in [3.05, 3.63) is 67.3 Å². The van der Waals surface area contributed by atoms with Crippen LogP contribution in [0.4, 0.5) is 11.4 Å². The third kappa shape index (κ3) is 3.45. The van der Waals surface area contributed by atoms with Crippen molar-refractivity contribution in [3.63, 3.8) is 0 Å². The summed E-state index contributed by atoms with van der Waals surface area (Å²) in [7, 11) is 0. The van der Waals surface area contributed by atoms with E-state index in [0.29, 0.717) is 29.2 Å². The molecule has 0 unspecified atom stereocenters. The molecule has 1 aliphatic heterocycles. The molecule has 134 valence electrons. The molecule has 0 radical (unpaired) electrons. The van der Waals surface area contributed by atoms with Gasteiger partial charge in [-0.05, 0) is 24.3 Å². The number of aromatic nitrogens is 3. The van der Waals surface area contributed by atoms with Crippen LogP contribution in [0, 0.1) is 0 Å². The van der Waals surface area contributed by atoms with Crippen molar-refractivity contribution >= 4 is 28.9 Å². The molecule has 4 rings (SSSR count). The number of carbonyl (C=O) groups is 2. The first kappa shape index (κ1) is 16.6. The molecule has 0 atom stereocenters. The van der Waals surface area contributed by atoms with E-state index in [4.69, 9.17) is 0 Å². The van der Waals surface area contributed by atoms with Crippen LogP contribution in [-0.4, -0.2) is 32.3 Å². The van der Waals surface area contributed by atoms with Crippen molar-refractivity contribution in [2.24, 2.45) is 5.10 Å². The first-order valence-electron chi connectivity index (χ1n) is 8.43. The number of rotatable bonds is 4. The standard InChI is InChI=1S/C19H16N6O2/c26-18-11-10-16(23-25(18)14-6-2-1-3-7-14)19(27)22-15-8-4-5-9-17(15)24-13-20-12-21-24/h1-9,12-13H,10-11H2,(H,22,27). The van der Waals surface area contributed by atoms with Crippen LogP contribution in [-0.2, 0) is 9.59 Å². The minimum atomic E-state index is -0.351. The molecule has 1 aliphatic rings. The van der Waals surface area contributed by atoms with Crippen LogP contribution >= 0.6 is 0 Å². The van der Waals surface area contributed by atoms with E-state index in [1.807, 2.05) is 36.4 Å². The predicted octanol–water partition coefficient (Wildman–Crippen LogP) is 2.39. The Morgan fingerprint density at radius 3 is 2.56 bits per heavy atom. The highest BCUT2D eigenvalue weighted by Crippen LogP contribution is 2.22. The third-order valence-electron chi connectivity index (χ3n) is 4.11. The summed E-state index contributed by atoms with van der Waals surface area (Å²) in [6, 6.07) is 16.3. The smallest absolute Gasteiger partial charge is 0.271 e. The van der Waals surface area contributed by atoms with Crippen LogP contribution in [0.15, 0.2) is 72.4 Å². The SMILES string of the molecule is O=C(Nc1ccccc1-n1cncn1)C1=NN(c2ccccc2)C(=O)CC1. The Labute approximate surface area is 155 Å². The van der Waals surface area contributed by atoms with E-state index in [1.165, 1.54) is 11.3 Å². The molecule has 0 aliphatic carbocycles. The first-order valence-corrected chi connectivity index (χ1v) is 8.43. The predicted molar refractivity (Wildman–Crippen MR) is 101 cm³/mol. The Kier molecular flexibility index (Phi) is 4.44. The summed E-state index contributed by atoms with van der Waals surface area (Å²) >= 11 is 0. The van der Waals surface area contributed by atoms with Gasteiger partial charge in [0.1, 0.15) is 18.4 Å². The first-order chi connectivity index (χ1) is 13.2. The summed E-state index contributed by atoms with van der Waals surface area (Å²) < 4.78 is 1.57. The molecule has 2 aromatic carbocycles. The van der Waals surface area contributed by atoms with E-state index in [0.717, 1.165) is 0 Å². The Hall–Kier alpha value is -3.81. The number of nitrogens with one attached hydrogen (secondary N) is 1. The van der Waals surface area contributed by atoms with Crippen molar-refractivity contribution in [2.75, 3.05) is 10.3 Å². The highest BCUT2D eigenvalue weighted by Gasteiger charge is 2.26. The Balaban J connectivity index is 1.60. The van der Waals surface area contributed by atoms with Gasteiger partial charge in [0.05, 0.1) is 17.1 Å². The maximum Gasteiger partial charge on any atom is 0.271 e. The lowest BCUT2D eigenvalue weighted by Crippen LogP contribution is -2.36. The fraction of sp³-hybridized carbons (Fsp3) is 0.105. The fourth-order valence-electron chi connectivity index (χ4n) is 2.79. The van der Waals surface area contributed by atoms with Crippen LogP contribution in [0.3, 0.4) is 0 Å². The second kappa shape index (κ2) is 7.20. The zero-order valence-corrected chi connectivity index (χ0v) is 14.3. The number of hydrogen-bond acceptors (Lipinski definition) is 5. The number of carbonyl (C=O) groups excluding carboxylic acids is 2. The second-order valence-corrected chi connectivity index (χ2v) is 5.90.